The van der Waals surface area contributed by atoms with Crippen molar-refractivity contribution in [2.24, 2.45) is 16.6 Å². The van der Waals surface area contributed by atoms with E-state index in [-0.39, 0.29) is 0 Å². The van der Waals surface area contributed by atoms with Gasteiger partial charge in [-0.2, -0.15) is 0 Å². The zero-order chi connectivity index (χ0) is 11.3. The molecule has 15 heavy (non-hydrogen) atoms. The van der Waals surface area contributed by atoms with Crippen molar-refractivity contribution >= 4 is 27.8 Å². The summed E-state index contributed by atoms with van der Waals surface area (Å²) in [6.45, 7) is 4.11. The van der Waals surface area contributed by atoms with Crippen LogP contribution in [-0.2, 0) is 0 Å². The van der Waals surface area contributed by atoms with Gasteiger partial charge in [-0.3, -0.25) is 4.99 Å². The Bertz CT molecular complexity index is 364. The predicted octanol–water partition coefficient (Wildman–Crippen LogP) is 3.65. The van der Waals surface area contributed by atoms with Crippen molar-refractivity contribution in [1.82, 2.24) is 0 Å². The highest BCUT2D eigenvalue weighted by atomic mass is 79.9. The van der Waals surface area contributed by atoms with Crippen molar-refractivity contribution in [1.29, 1.82) is 0 Å². The Morgan fingerprint density at radius 2 is 1.93 bits per heavy atom. The molecule has 1 rings (SSSR count). The van der Waals surface area contributed by atoms with Gasteiger partial charge in [-0.05, 0) is 36.3 Å². The van der Waals surface area contributed by atoms with Gasteiger partial charge in [0.05, 0.1) is 5.69 Å². The average molecular weight is 267 g/mol. The van der Waals surface area contributed by atoms with Crippen molar-refractivity contribution in [3.8, 4) is 0 Å². The third-order valence-corrected chi connectivity index (χ3v) is 2.51. The van der Waals surface area contributed by atoms with Crippen LogP contribution in [0.25, 0.3) is 0 Å². The number of allylic oxidation sites excluding steroid dienone is 2. The van der Waals surface area contributed by atoms with Gasteiger partial charge in [-0.1, -0.05) is 29.8 Å². The third kappa shape index (κ3) is 4.30. The van der Waals surface area contributed by atoms with Gasteiger partial charge < -0.3 is 5.73 Å². The first-order chi connectivity index (χ1) is 7.09. The van der Waals surface area contributed by atoms with Gasteiger partial charge in [0.25, 0.3) is 0 Å². The summed E-state index contributed by atoms with van der Waals surface area (Å²) >= 11 is 3.37. The largest absolute Gasteiger partial charge is 0.402 e. The minimum atomic E-state index is 0.362. The molecule has 0 aromatic heterocycles. The van der Waals surface area contributed by atoms with Crippen LogP contribution >= 0.6 is 15.9 Å². The molecule has 0 saturated heterocycles. The van der Waals surface area contributed by atoms with Crippen molar-refractivity contribution in [2.75, 3.05) is 0 Å². The van der Waals surface area contributed by atoms with Crippen LogP contribution in [0.4, 0.5) is 5.69 Å². The van der Waals surface area contributed by atoms with Crippen molar-refractivity contribution in [2.45, 2.75) is 13.8 Å². The van der Waals surface area contributed by atoms with Crippen LogP contribution < -0.4 is 5.73 Å². The maximum absolute atomic E-state index is 5.77. The second-order valence-electron chi connectivity index (χ2n) is 3.58. The van der Waals surface area contributed by atoms with E-state index in [0.717, 1.165) is 15.9 Å². The van der Waals surface area contributed by atoms with E-state index in [1.54, 1.807) is 6.21 Å². The van der Waals surface area contributed by atoms with E-state index < -0.39 is 0 Å². The Morgan fingerprint density at radius 1 is 1.33 bits per heavy atom. The molecule has 2 nitrogen and oxygen atoms in total. The summed E-state index contributed by atoms with van der Waals surface area (Å²) in [7, 11) is 0. The zero-order valence-electron chi connectivity index (χ0n) is 8.94. The standard InChI is InChI=1S/C12H15BrN2/c1-9(2)12(14)7-8-15-11-5-3-10(13)4-6-11/h3-9H,14H2,1-2H3/b12-7-,15-8?. The maximum atomic E-state index is 5.77. The van der Waals surface area contributed by atoms with E-state index in [1.807, 2.05) is 30.3 Å². The van der Waals surface area contributed by atoms with Crippen LogP contribution in [0.1, 0.15) is 13.8 Å². The molecule has 0 radical (unpaired) electrons. The molecule has 0 bridgehead atoms. The van der Waals surface area contributed by atoms with E-state index >= 15 is 0 Å². The number of nitrogens with zero attached hydrogens (tertiary/aromatic N) is 1. The Balaban J connectivity index is 2.66. The predicted molar refractivity (Wildman–Crippen MR) is 69.4 cm³/mol. The van der Waals surface area contributed by atoms with E-state index in [4.69, 9.17) is 5.73 Å². The normalized spacial score (nSPS) is 12.7. The molecule has 0 unspecified atom stereocenters. The minimum absolute atomic E-state index is 0.362. The number of benzene rings is 1. The van der Waals surface area contributed by atoms with E-state index in [0.29, 0.717) is 5.92 Å². The summed E-state index contributed by atoms with van der Waals surface area (Å²) in [6.07, 6.45) is 3.57. The SMILES string of the molecule is CC(C)/C(N)=C/C=Nc1ccc(Br)cc1. The fourth-order valence-corrected chi connectivity index (χ4v) is 1.19. The topological polar surface area (TPSA) is 38.4 Å². The van der Waals surface area contributed by atoms with Crippen molar-refractivity contribution in [3.63, 3.8) is 0 Å². The fraction of sp³-hybridized carbons (Fsp3) is 0.250. The van der Waals surface area contributed by atoms with Crippen LogP contribution in [0.15, 0.2) is 45.5 Å². The first kappa shape index (κ1) is 12.0. The molecular formula is C12H15BrN2. The van der Waals surface area contributed by atoms with Gasteiger partial charge in [-0.25, -0.2) is 0 Å². The molecule has 3 heteroatoms. The highest BCUT2D eigenvalue weighted by Crippen LogP contribution is 2.16. The Morgan fingerprint density at radius 3 is 2.47 bits per heavy atom. The molecule has 0 heterocycles. The molecule has 0 atom stereocenters. The Kier molecular flexibility index (Phi) is 4.56. The molecule has 2 N–H and O–H groups in total. The quantitative estimate of drug-likeness (QED) is 0.834. The van der Waals surface area contributed by atoms with Gasteiger partial charge in [-0.15, -0.1) is 0 Å². The lowest BCUT2D eigenvalue weighted by molar-refractivity contribution is 0.759. The molecule has 0 aliphatic rings. The van der Waals surface area contributed by atoms with Crippen molar-refractivity contribution in [3.05, 3.63) is 40.5 Å². The van der Waals surface area contributed by atoms with Crippen LogP contribution in [0.3, 0.4) is 0 Å². The highest BCUT2D eigenvalue weighted by molar-refractivity contribution is 9.10. The first-order valence-electron chi connectivity index (χ1n) is 4.85. The lowest BCUT2D eigenvalue weighted by atomic mass is 10.1. The number of hydrogen-bond acceptors (Lipinski definition) is 2. The Labute approximate surface area is 99.0 Å². The first-order valence-corrected chi connectivity index (χ1v) is 5.64. The summed E-state index contributed by atoms with van der Waals surface area (Å²) in [5.41, 5.74) is 7.53. The summed E-state index contributed by atoms with van der Waals surface area (Å²) in [6, 6.07) is 7.81. The van der Waals surface area contributed by atoms with Gasteiger partial charge in [0.15, 0.2) is 0 Å². The van der Waals surface area contributed by atoms with Gasteiger partial charge in [0, 0.05) is 16.4 Å². The summed E-state index contributed by atoms with van der Waals surface area (Å²) in [5, 5.41) is 0. The number of hydrogen-bond donors (Lipinski definition) is 1. The summed E-state index contributed by atoms with van der Waals surface area (Å²) < 4.78 is 1.05. The molecule has 0 aliphatic carbocycles. The second kappa shape index (κ2) is 5.71. The van der Waals surface area contributed by atoms with Crippen LogP contribution in [0.2, 0.25) is 0 Å². The van der Waals surface area contributed by atoms with Crippen LogP contribution in [0.5, 0.6) is 0 Å². The van der Waals surface area contributed by atoms with E-state index in [1.165, 1.54) is 0 Å². The van der Waals surface area contributed by atoms with E-state index in [9.17, 15) is 0 Å². The molecule has 0 amide bonds. The number of aliphatic imine (C=N–C) groups is 1. The van der Waals surface area contributed by atoms with Gasteiger partial charge in [0.1, 0.15) is 0 Å². The lowest BCUT2D eigenvalue weighted by Crippen LogP contribution is -2.04. The molecule has 1 aromatic carbocycles. The molecular weight excluding hydrogens is 252 g/mol. The number of nitrogens with two attached hydrogens (primary N) is 1. The van der Waals surface area contributed by atoms with Gasteiger partial charge in [0.2, 0.25) is 0 Å². The van der Waals surface area contributed by atoms with Crippen LogP contribution in [0, 0.1) is 5.92 Å². The highest BCUT2D eigenvalue weighted by Gasteiger charge is 1.93. The van der Waals surface area contributed by atoms with E-state index in [2.05, 4.69) is 34.8 Å². The monoisotopic (exact) mass is 266 g/mol. The lowest BCUT2D eigenvalue weighted by Gasteiger charge is -2.01. The molecule has 0 fully saturated rings. The van der Waals surface area contributed by atoms with Gasteiger partial charge >= 0.3 is 0 Å². The zero-order valence-corrected chi connectivity index (χ0v) is 10.5. The smallest absolute Gasteiger partial charge is 0.0630 e. The molecule has 1 aromatic rings. The molecule has 0 aliphatic heterocycles. The Hall–Kier alpha value is -1.09. The maximum Gasteiger partial charge on any atom is 0.0630 e. The fourth-order valence-electron chi connectivity index (χ4n) is 0.929. The van der Waals surface area contributed by atoms with Crippen molar-refractivity contribution < 1.29 is 0 Å². The summed E-state index contributed by atoms with van der Waals surface area (Å²) in [5.74, 6) is 0.362. The molecule has 0 spiro atoms. The third-order valence-electron chi connectivity index (χ3n) is 1.98. The van der Waals surface area contributed by atoms with Crippen LogP contribution in [-0.4, -0.2) is 6.21 Å². The minimum Gasteiger partial charge on any atom is -0.402 e. The average Bonchev–Trinajstić information content (AvgIpc) is 2.20. The molecule has 0 saturated carbocycles. The molecule has 80 valence electrons. The number of halogens is 1. The second-order valence-corrected chi connectivity index (χ2v) is 4.49. The summed E-state index contributed by atoms with van der Waals surface area (Å²) in [4.78, 5) is 4.27. The number of rotatable bonds is 3.